The molecule has 27 heavy (non-hydrogen) atoms. The van der Waals surface area contributed by atoms with Crippen LogP contribution < -0.4 is 5.32 Å². The number of piperidine rings is 1. The van der Waals surface area contributed by atoms with Crippen LogP contribution in [0.1, 0.15) is 36.7 Å². The van der Waals surface area contributed by atoms with Gasteiger partial charge in [0.2, 0.25) is 15.9 Å². The topological polar surface area (TPSA) is 95.2 Å². The molecule has 1 aliphatic heterocycles. The number of anilines is 1. The van der Waals surface area contributed by atoms with Crippen molar-refractivity contribution in [2.75, 3.05) is 18.4 Å². The fraction of sp³-hybridized carbons (Fsp3) is 0.474. The third kappa shape index (κ3) is 4.06. The molecule has 1 fully saturated rings. The average molecular weight is 391 g/mol. The second-order valence-corrected chi connectivity index (χ2v) is 8.88. The highest BCUT2D eigenvalue weighted by atomic mass is 32.2. The van der Waals surface area contributed by atoms with Gasteiger partial charge in [-0.1, -0.05) is 19.1 Å². The molecule has 8 heteroatoms. The van der Waals surface area contributed by atoms with Crippen molar-refractivity contribution in [3.05, 3.63) is 41.2 Å². The SMILES string of the molecule is CCc1ccc(NC(=O)C2CCCN(S(=O)(=O)c3c(C)n[nH]c3C)C2)cc1. The number of nitrogens with one attached hydrogen (secondary N) is 2. The molecule has 1 amide bonds. The molecule has 1 aromatic carbocycles. The van der Waals surface area contributed by atoms with Crippen LogP contribution in [0.15, 0.2) is 29.2 Å². The van der Waals surface area contributed by atoms with Gasteiger partial charge in [0.05, 0.1) is 17.3 Å². The Labute approximate surface area is 160 Å². The number of aromatic amines is 1. The summed E-state index contributed by atoms with van der Waals surface area (Å²) >= 11 is 0. The number of carbonyl (C=O) groups is 1. The van der Waals surface area contributed by atoms with Gasteiger partial charge in [0.1, 0.15) is 4.90 Å². The number of nitrogens with zero attached hydrogens (tertiary/aromatic N) is 2. The molecule has 2 N–H and O–H groups in total. The van der Waals surface area contributed by atoms with Crippen molar-refractivity contribution < 1.29 is 13.2 Å². The highest BCUT2D eigenvalue weighted by molar-refractivity contribution is 7.89. The van der Waals surface area contributed by atoms with E-state index in [2.05, 4.69) is 22.4 Å². The number of rotatable bonds is 5. The van der Waals surface area contributed by atoms with Gasteiger partial charge < -0.3 is 5.32 Å². The lowest BCUT2D eigenvalue weighted by Crippen LogP contribution is -2.43. The van der Waals surface area contributed by atoms with Gasteiger partial charge >= 0.3 is 0 Å². The van der Waals surface area contributed by atoms with Crippen LogP contribution in [0.5, 0.6) is 0 Å². The zero-order chi connectivity index (χ0) is 19.6. The predicted octanol–water partition coefficient (Wildman–Crippen LogP) is 2.63. The van der Waals surface area contributed by atoms with E-state index in [-0.39, 0.29) is 23.3 Å². The molecule has 0 spiro atoms. The van der Waals surface area contributed by atoms with Crippen LogP contribution in [-0.4, -0.2) is 41.9 Å². The van der Waals surface area contributed by atoms with Crippen molar-refractivity contribution in [1.82, 2.24) is 14.5 Å². The number of sulfonamides is 1. The van der Waals surface area contributed by atoms with Crippen molar-refractivity contribution >= 4 is 21.6 Å². The fourth-order valence-electron chi connectivity index (χ4n) is 3.49. The van der Waals surface area contributed by atoms with Crippen LogP contribution >= 0.6 is 0 Å². The molecule has 2 heterocycles. The third-order valence-corrected chi connectivity index (χ3v) is 7.17. The van der Waals surface area contributed by atoms with Crippen LogP contribution in [0, 0.1) is 19.8 Å². The average Bonchev–Trinajstić information content (AvgIpc) is 3.01. The first kappa shape index (κ1) is 19.6. The maximum absolute atomic E-state index is 13.0. The van der Waals surface area contributed by atoms with E-state index in [4.69, 9.17) is 0 Å². The molecule has 0 saturated carbocycles. The van der Waals surface area contributed by atoms with Crippen LogP contribution in [-0.2, 0) is 21.2 Å². The van der Waals surface area contributed by atoms with Crippen molar-refractivity contribution in [2.45, 2.75) is 44.9 Å². The number of hydrogen-bond donors (Lipinski definition) is 2. The Balaban J connectivity index is 1.72. The molecule has 0 bridgehead atoms. The first-order valence-electron chi connectivity index (χ1n) is 9.24. The predicted molar refractivity (Wildman–Crippen MR) is 104 cm³/mol. The number of hydrogen-bond acceptors (Lipinski definition) is 4. The van der Waals surface area contributed by atoms with Gasteiger partial charge in [0.25, 0.3) is 0 Å². The summed E-state index contributed by atoms with van der Waals surface area (Å²) in [5.74, 6) is -0.508. The first-order valence-corrected chi connectivity index (χ1v) is 10.7. The van der Waals surface area contributed by atoms with E-state index in [0.717, 1.165) is 12.1 Å². The molecular weight excluding hydrogens is 364 g/mol. The number of amides is 1. The number of aromatic nitrogens is 2. The standard InChI is InChI=1S/C19H26N4O3S/c1-4-15-7-9-17(10-8-15)20-19(24)16-6-5-11-23(12-16)27(25,26)18-13(2)21-22-14(18)3/h7-10,16H,4-6,11-12H2,1-3H3,(H,20,24)(H,21,22). The summed E-state index contributed by atoms with van der Waals surface area (Å²) < 4.78 is 27.5. The van der Waals surface area contributed by atoms with E-state index in [1.165, 1.54) is 9.87 Å². The second-order valence-electron chi connectivity index (χ2n) is 7.01. The zero-order valence-electron chi connectivity index (χ0n) is 15.9. The largest absolute Gasteiger partial charge is 0.326 e. The fourth-order valence-corrected chi connectivity index (χ4v) is 5.35. The highest BCUT2D eigenvalue weighted by Gasteiger charge is 2.35. The maximum atomic E-state index is 13.0. The maximum Gasteiger partial charge on any atom is 0.246 e. The Bertz CT molecular complexity index is 899. The Kier molecular flexibility index (Phi) is 5.67. The number of benzene rings is 1. The number of H-pyrrole nitrogens is 1. The Hall–Kier alpha value is -2.19. The Morgan fingerprint density at radius 1 is 1.30 bits per heavy atom. The monoisotopic (exact) mass is 390 g/mol. The van der Waals surface area contributed by atoms with Crippen molar-refractivity contribution in [3.8, 4) is 0 Å². The van der Waals surface area contributed by atoms with Gasteiger partial charge in [0, 0.05) is 18.8 Å². The molecule has 1 aliphatic rings. The zero-order valence-corrected chi connectivity index (χ0v) is 16.8. The molecule has 1 saturated heterocycles. The van der Waals surface area contributed by atoms with E-state index in [1.54, 1.807) is 13.8 Å². The Morgan fingerprint density at radius 3 is 2.59 bits per heavy atom. The minimum absolute atomic E-state index is 0.139. The third-order valence-electron chi connectivity index (χ3n) is 5.04. The molecule has 3 rings (SSSR count). The summed E-state index contributed by atoms with van der Waals surface area (Å²) in [6.07, 6.45) is 2.27. The van der Waals surface area contributed by atoms with Gasteiger partial charge in [-0.2, -0.15) is 9.40 Å². The molecule has 2 aromatic rings. The highest BCUT2D eigenvalue weighted by Crippen LogP contribution is 2.27. The lowest BCUT2D eigenvalue weighted by molar-refractivity contribution is -0.120. The Morgan fingerprint density at radius 2 is 2.00 bits per heavy atom. The molecule has 1 atom stereocenters. The summed E-state index contributed by atoms with van der Waals surface area (Å²) in [5, 5.41) is 9.63. The summed E-state index contributed by atoms with van der Waals surface area (Å²) in [5.41, 5.74) is 2.91. The normalized spacial score (nSPS) is 18.4. The smallest absolute Gasteiger partial charge is 0.246 e. The van der Waals surface area contributed by atoms with Crippen molar-refractivity contribution in [2.24, 2.45) is 5.92 Å². The van der Waals surface area contributed by atoms with Gasteiger partial charge in [-0.15, -0.1) is 0 Å². The van der Waals surface area contributed by atoms with Crippen LogP contribution in [0.2, 0.25) is 0 Å². The van der Waals surface area contributed by atoms with E-state index in [0.29, 0.717) is 30.8 Å². The summed E-state index contributed by atoms with van der Waals surface area (Å²) in [6, 6.07) is 7.73. The van der Waals surface area contributed by atoms with Gasteiger partial charge in [-0.05, 0) is 50.8 Å². The quantitative estimate of drug-likeness (QED) is 0.820. The van der Waals surface area contributed by atoms with E-state index in [1.807, 2.05) is 24.3 Å². The summed E-state index contributed by atoms with van der Waals surface area (Å²) in [6.45, 7) is 6.05. The van der Waals surface area contributed by atoms with Gasteiger partial charge in [0.15, 0.2) is 0 Å². The van der Waals surface area contributed by atoms with Crippen LogP contribution in [0.25, 0.3) is 0 Å². The molecule has 1 unspecified atom stereocenters. The molecule has 1 aromatic heterocycles. The molecule has 146 valence electrons. The van der Waals surface area contributed by atoms with E-state index >= 15 is 0 Å². The summed E-state index contributed by atoms with van der Waals surface area (Å²) in [4.78, 5) is 12.9. The molecule has 0 aliphatic carbocycles. The molecule has 0 radical (unpaired) electrons. The molecule has 7 nitrogen and oxygen atoms in total. The number of carbonyl (C=O) groups excluding carboxylic acids is 1. The van der Waals surface area contributed by atoms with Crippen LogP contribution in [0.4, 0.5) is 5.69 Å². The minimum Gasteiger partial charge on any atom is -0.326 e. The number of aryl methyl sites for hydroxylation is 3. The van der Waals surface area contributed by atoms with Crippen molar-refractivity contribution in [1.29, 1.82) is 0 Å². The van der Waals surface area contributed by atoms with Gasteiger partial charge in [-0.3, -0.25) is 9.89 Å². The van der Waals surface area contributed by atoms with Gasteiger partial charge in [-0.25, -0.2) is 8.42 Å². The first-order chi connectivity index (χ1) is 12.8. The lowest BCUT2D eigenvalue weighted by atomic mass is 9.98. The minimum atomic E-state index is -3.67. The van der Waals surface area contributed by atoms with E-state index in [9.17, 15) is 13.2 Å². The van der Waals surface area contributed by atoms with Crippen LogP contribution in [0.3, 0.4) is 0 Å². The van der Waals surface area contributed by atoms with Crippen molar-refractivity contribution in [3.63, 3.8) is 0 Å². The van der Waals surface area contributed by atoms with E-state index < -0.39 is 10.0 Å². The second kappa shape index (κ2) is 7.82. The summed E-state index contributed by atoms with van der Waals surface area (Å²) in [7, 11) is -3.67. The molecular formula is C19H26N4O3S. The lowest BCUT2D eigenvalue weighted by Gasteiger charge is -2.31.